The van der Waals surface area contributed by atoms with Gasteiger partial charge >= 0.3 is 5.97 Å². The molecular weight excluding hydrogens is 220 g/mol. The number of hydrogen-bond acceptors (Lipinski definition) is 3. The van der Waals surface area contributed by atoms with E-state index in [2.05, 4.69) is 0 Å². The maximum absolute atomic E-state index is 11.3. The molecule has 2 aliphatic carbocycles. The Morgan fingerprint density at radius 2 is 1.94 bits per heavy atom. The van der Waals surface area contributed by atoms with Gasteiger partial charge in [-0.25, -0.2) is 4.79 Å². The van der Waals surface area contributed by atoms with E-state index >= 15 is 0 Å². The van der Waals surface area contributed by atoms with Crippen LogP contribution in [-0.2, 0) is 9.53 Å². The first-order valence-electron chi connectivity index (χ1n) is 6.68. The van der Waals surface area contributed by atoms with E-state index in [-0.39, 0.29) is 6.10 Å². The molecule has 0 heterocycles. The lowest BCUT2D eigenvalue weighted by Crippen LogP contribution is -2.40. The molecule has 2 saturated carbocycles. The first-order valence-corrected chi connectivity index (χ1v) is 6.68. The van der Waals surface area contributed by atoms with Gasteiger partial charge in [-0.15, -0.1) is 0 Å². The lowest BCUT2D eigenvalue weighted by molar-refractivity contribution is -0.167. The Morgan fingerprint density at radius 1 is 1.24 bits per heavy atom. The third-order valence-corrected chi connectivity index (χ3v) is 4.15. The molecule has 0 radical (unpaired) electrons. The minimum Gasteiger partial charge on any atom is -0.479 e. The van der Waals surface area contributed by atoms with Crippen molar-refractivity contribution in [2.24, 2.45) is 5.92 Å². The quantitative estimate of drug-likeness (QED) is 0.790. The average molecular weight is 242 g/mol. The van der Waals surface area contributed by atoms with Crippen molar-refractivity contribution >= 4 is 5.97 Å². The molecule has 0 aliphatic heterocycles. The minimum absolute atomic E-state index is 0.221. The van der Waals surface area contributed by atoms with Crippen molar-refractivity contribution in [1.29, 1.82) is 0 Å². The Balaban J connectivity index is 1.85. The number of aliphatic hydroxyl groups is 1. The molecule has 17 heavy (non-hydrogen) atoms. The van der Waals surface area contributed by atoms with E-state index in [9.17, 15) is 15.0 Å². The fourth-order valence-corrected chi connectivity index (χ4v) is 3.06. The summed E-state index contributed by atoms with van der Waals surface area (Å²) in [6, 6.07) is 0. The van der Waals surface area contributed by atoms with Gasteiger partial charge in [0.25, 0.3) is 0 Å². The first-order chi connectivity index (χ1) is 8.12. The van der Waals surface area contributed by atoms with Gasteiger partial charge in [0.15, 0.2) is 5.60 Å². The monoisotopic (exact) mass is 242 g/mol. The van der Waals surface area contributed by atoms with Gasteiger partial charge in [0.2, 0.25) is 0 Å². The third kappa shape index (κ3) is 2.99. The summed E-state index contributed by atoms with van der Waals surface area (Å²) in [5.74, 6) is -0.484. The van der Waals surface area contributed by atoms with E-state index < -0.39 is 11.6 Å². The predicted molar refractivity (Wildman–Crippen MR) is 62.8 cm³/mol. The van der Waals surface area contributed by atoms with Crippen LogP contribution in [0, 0.1) is 5.92 Å². The SMILES string of the molecule is O=C(O)C1(OCC2CCCC(O)C2)CCCC1. The summed E-state index contributed by atoms with van der Waals surface area (Å²) < 4.78 is 5.73. The van der Waals surface area contributed by atoms with Gasteiger partial charge in [-0.2, -0.15) is 0 Å². The van der Waals surface area contributed by atoms with E-state index in [0.717, 1.165) is 38.5 Å². The average Bonchev–Trinajstić information content (AvgIpc) is 2.76. The minimum atomic E-state index is -0.928. The highest BCUT2D eigenvalue weighted by Crippen LogP contribution is 2.35. The molecule has 0 saturated heterocycles. The van der Waals surface area contributed by atoms with Crippen LogP contribution in [0.4, 0.5) is 0 Å². The summed E-state index contributed by atoms with van der Waals surface area (Å²) in [5, 5.41) is 18.8. The summed E-state index contributed by atoms with van der Waals surface area (Å²) in [4.78, 5) is 11.3. The molecule has 0 spiro atoms. The second kappa shape index (κ2) is 5.36. The van der Waals surface area contributed by atoms with Gasteiger partial charge in [-0.05, 0) is 50.9 Å². The molecule has 2 rings (SSSR count). The molecule has 0 aromatic rings. The van der Waals surface area contributed by atoms with Crippen LogP contribution in [0.25, 0.3) is 0 Å². The zero-order valence-electron chi connectivity index (χ0n) is 10.2. The largest absolute Gasteiger partial charge is 0.479 e. The summed E-state index contributed by atoms with van der Waals surface area (Å²) in [6.07, 6.45) is 6.65. The van der Waals surface area contributed by atoms with Gasteiger partial charge in [0.1, 0.15) is 0 Å². The molecule has 0 bridgehead atoms. The van der Waals surface area contributed by atoms with Crippen LogP contribution >= 0.6 is 0 Å². The topological polar surface area (TPSA) is 66.8 Å². The smallest absolute Gasteiger partial charge is 0.335 e. The number of rotatable bonds is 4. The van der Waals surface area contributed by atoms with Crippen LogP contribution in [0.15, 0.2) is 0 Å². The maximum Gasteiger partial charge on any atom is 0.335 e. The van der Waals surface area contributed by atoms with Crippen molar-refractivity contribution in [1.82, 2.24) is 0 Å². The van der Waals surface area contributed by atoms with E-state index in [4.69, 9.17) is 4.74 Å². The molecule has 4 heteroatoms. The van der Waals surface area contributed by atoms with E-state index in [1.807, 2.05) is 0 Å². The highest BCUT2D eigenvalue weighted by atomic mass is 16.5. The first kappa shape index (κ1) is 12.8. The van der Waals surface area contributed by atoms with Crippen LogP contribution in [0.5, 0.6) is 0 Å². The van der Waals surface area contributed by atoms with Gasteiger partial charge in [-0.3, -0.25) is 0 Å². The van der Waals surface area contributed by atoms with E-state index in [1.54, 1.807) is 0 Å². The summed E-state index contributed by atoms with van der Waals surface area (Å²) in [5.41, 5.74) is -0.928. The molecule has 2 fully saturated rings. The second-order valence-corrected chi connectivity index (χ2v) is 5.50. The maximum atomic E-state index is 11.3. The predicted octanol–water partition coefficient (Wildman–Crippen LogP) is 1.95. The number of hydrogen-bond donors (Lipinski definition) is 2. The zero-order chi connectivity index (χ0) is 12.3. The molecule has 0 amide bonds. The van der Waals surface area contributed by atoms with Crippen molar-refractivity contribution in [2.45, 2.75) is 63.1 Å². The van der Waals surface area contributed by atoms with Crippen molar-refractivity contribution in [3.8, 4) is 0 Å². The number of ether oxygens (including phenoxy) is 1. The molecule has 2 atom stereocenters. The normalized spacial score (nSPS) is 32.5. The second-order valence-electron chi connectivity index (χ2n) is 5.50. The van der Waals surface area contributed by atoms with Gasteiger partial charge in [0, 0.05) is 0 Å². The van der Waals surface area contributed by atoms with Gasteiger partial charge in [0.05, 0.1) is 12.7 Å². The van der Waals surface area contributed by atoms with Crippen LogP contribution in [0.1, 0.15) is 51.4 Å². The van der Waals surface area contributed by atoms with Crippen molar-refractivity contribution in [3.05, 3.63) is 0 Å². The van der Waals surface area contributed by atoms with Crippen molar-refractivity contribution in [2.75, 3.05) is 6.61 Å². The fourth-order valence-electron chi connectivity index (χ4n) is 3.06. The van der Waals surface area contributed by atoms with Crippen LogP contribution < -0.4 is 0 Å². The molecule has 0 aromatic heterocycles. The standard InChI is InChI=1S/C13H22O4/c14-11-5-3-4-10(8-11)9-17-13(12(15)16)6-1-2-7-13/h10-11,14H,1-9H2,(H,15,16). The van der Waals surface area contributed by atoms with Gasteiger partial charge in [-0.1, -0.05) is 6.42 Å². The molecule has 98 valence electrons. The highest BCUT2D eigenvalue weighted by Gasteiger charge is 2.43. The third-order valence-electron chi connectivity index (χ3n) is 4.15. The van der Waals surface area contributed by atoms with Gasteiger partial charge < -0.3 is 14.9 Å². The van der Waals surface area contributed by atoms with Crippen LogP contribution in [0.2, 0.25) is 0 Å². The lowest BCUT2D eigenvalue weighted by Gasteiger charge is -2.30. The van der Waals surface area contributed by atoms with Crippen LogP contribution in [0.3, 0.4) is 0 Å². The fraction of sp³-hybridized carbons (Fsp3) is 0.923. The number of carboxylic acids is 1. The zero-order valence-corrected chi connectivity index (χ0v) is 10.2. The summed E-state index contributed by atoms with van der Waals surface area (Å²) in [7, 11) is 0. The number of aliphatic hydroxyl groups excluding tert-OH is 1. The molecule has 2 aliphatic rings. The molecule has 4 nitrogen and oxygen atoms in total. The summed E-state index contributed by atoms with van der Waals surface area (Å²) >= 11 is 0. The van der Waals surface area contributed by atoms with Crippen molar-refractivity contribution in [3.63, 3.8) is 0 Å². The number of carbonyl (C=O) groups is 1. The number of aliphatic carboxylic acids is 1. The van der Waals surface area contributed by atoms with E-state index in [0.29, 0.717) is 25.4 Å². The molecular formula is C13H22O4. The summed E-state index contributed by atoms with van der Waals surface area (Å²) in [6.45, 7) is 0.489. The highest BCUT2D eigenvalue weighted by molar-refractivity contribution is 5.77. The lowest BCUT2D eigenvalue weighted by atomic mass is 9.87. The Bertz CT molecular complexity index is 271. The molecule has 2 N–H and O–H groups in total. The Morgan fingerprint density at radius 3 is 2.53 bits per heavy atom. The van der Waals surface area contributed by atoms with Crippen molar-refractivity contribution < 1.29 is 19.7 Å². The molecule has 0 aromatic carbocycles. The Labute approximate surface area is 102 Å². The Hall–Kier alpha value is -0.610. The number of carboxylic acid groups (broad SMARTS) is 1. The molecule has 2 unspecified atom stereocenters. The van der Waals surface area contributed by atoms with E-state index in [1.165, 1.54) is 0 Å². The Kier molecular flexibility index (Phi) is 4.05. The van der Waals surface area contributed by atoms with Crippen LogP contribution in [-0.4, -0.2) is 34.5 Å².